The summed E-state index contributed by atoms with van der Waals surface area (Å²) in [5.74, 6) is 0.144. The molecule has 1 aliphatic carbocycles. The molecule has 1 unspecified atom stereocenters. The fraction of sp³-hybridized carbons (Fsp3) is 0.188. The lowest BCUT2D eigenvalue weighted by atomic mass is 10.1. The van der Waals surface area contributed by atoms with Gasteiger partial charge in [-0.2, -0.15) is 8.42 Å². The molecule has 21 heavy (non-hydrogen) atoms. The normalized spacial score (nSPS) is 17.6. The van der Waals surface area contributed by atoms with E-state index in [4.69, 9.17) is 4.18 Å². The van der Waals surface area contributed by atoms with Crippen LogP contribution in [0.4, 0.5) is 0 Å². The molecule has 1 atom stereocenters. The average molecular weight is 302 g/mol. The molecular weight excluding hydrogens is 288 g/mol. The molecule has 2 aromatic carbocycles. The molecule has 108 valence electrons. The molecule has 1 aliphatic rings. The van der Waals surface area contributed by atoms with Crippen LogP contribution in [0.25, 0.3) is 0 Å². The van der Waals surface area contributed by atoms with Crippen LogP contribution in [0, 0.1) is 5.92 Å². The van der Waals surface area contributed by atoms with E-state index in [1.165, 1.54) is 12.1 Å². The van der Waals surface area contributed by atoms with Crippen LogP contribution in [0.15, 0.2) is 53.4 Å². The minimum absolute atomic E-state index is 0.0348. The molecule has 0 aromatic heterocycles. The first-order chi connectivity index (χ1) is 9.99. The van der Waals surface area contributed by atoms with Crippen molar-refractivity contribution >= 4 is 15.9 Å². The summed E-state index contributed by atoms with van der Waals surface area (Å²) in [6.45, 7) is 1.83. The number of hydrogen-bond donors (Lipinski definition) is 0. The summed E-state index contributed by atoms with van der Waals surface area (Å²) in [6.07, 6.45) is 0.509. The number of ketones is 1. The highest BCUT2D eigenvalue weighted by Crippen LogP contribution is 2.34. The molecule has 0 bridgehead atoms. The molecule has 0 N–H and O–H groups in total. The van der Waals surface area contributed by atoms with Crippen molar-refractivity contribution in [1.82, 2.24) is 0 Å². The van der Waals surface area contributed by atoms with Gasteiger partial charge in [-0.3, -0.25) is 4.79 Å². The van der Waals surface area contributed by atoms with E-state index >= 15 is 0 Å². The van der Waals surface area contributed by atoms with Gasteiger partial charge in [0.15, 0.2) is 5.78 Å². The maximum atomic E-state index is 12.3. The van der Waals surface area contributed by atoms with E-state index in [9.17, 15) is 13.2 Å². The Kier molecular flexibility index (Phi) is 3.29. The van der Waals surface area contributed by atoms with Crippen LogP contribution in [-0.4, -0.2) is 14.2 Å². The van der Waals surface area contributed by atoms with Crippen molar-refractivity contribution in [2.75, 3.05) is 0 Å². The number of carbonyl (C=O) groups is 1. The van der Waals surface area contributed by atoms with E-state index in [2.05, 4.69) is 0 Å². The summed E-state index contributed by atoms with van der Waals surface area (Å²) in [5.41, 5.74) is 1.23. The Hall–Kier alpha value is -2.14. The van der Waals surface area contributed by atoms with E-state index in [1.54, 1.807) is 36.4 Å². The van der Waals surface area contributed by atoms with Gasteiger partial charge in [-0.25, -0.2) is 0 Å². The van der Waals surface area contributed by atoms with Gasteiger partial charge in [0.05, 0.1) is 0 Å². The average Bonchev–Trinajstić information content (AvgIpc) is 2.77. The molecular formula is C16H14O4S. The minimum Gasteiger partial charge on any atom is -0.379 e. The molecule has 0 amide bonds. The largest absolute Gasteiger partial charge is 0.379 e. The Bertz CT molecular complexity index is 794. The van der Waals surface area contributed by atoms with Crippen LogP contribution in [0.3, 0.4) is 0 Å². The Morgan fingerprint density at radius 2 is 1.76 bits per heavy atom. The van der Waals surface area contributed by atoms with Crippen LogP contribution in [-0.2, 0) is 16.5 Å². The highest BCUT2D eigenvalue weighted by Gasteiger charge is 2.31. The molecule has 5 heteroatoms. The molecule has 0 fully saturated rings. The van der Waals surface area contributed by atoms with Gasteiger partial charge in [0.2, 0.25) is 0 Å². The monoisotopic (exact) mass is 302 g/mol. The van der Waals surface area contributed by atoms with Crippen LogP contribution in [0.2, 0.25) is 0 Å². The van der Waals surface area contributed by atoms with Crippen molar-refractivity contribution in [2.24, 2.45) is 5.92 Å². The second-order valence-corrected chi connectivity index (χ2v) is 6.65. The van der Waals surface area contributed by atoms with Crippen molar-refractivity contribution < 1.29 is 17.4 Å². The first-order valence-corrected chi connectivity index (χ1v) is 8.05. The number of Topliss-reactive ketones (excluding diaryl/α,β-unsaturated/α-hetero) is 1. The molecule has 0 spiro atoms. The Morgan fingerprint density at radius 1 is 1.05 bits per heavy atom. The predicted octanol–water partition coefficient (Wildman–Crippen LogP) is 2.83. The van der Waals surface area contributed by atoms with Gasteiger partial charge in [-0.05, 0) is 24.6 Å². The minimum atomic E-state index is -3.88. The van der Waals surface area contributed by atoms with Crippen molar-refractivity contribution in [3.8, 4) is 5.75 Å². The molecule has 4 nitrogen and oxygen atoms in total. The second-order valence-electron chi connectivity index (χ2n) is 5.10. The highest BCUT2D eigenvalue weighted by molar-refractivity contribution is 7.87. The summed E-state index contributed by atoms with van der Waals surface area (Å²) < 4.78 is 29.8. The number of hydrogen-bond acceptors (Lipinski definition) is 4. The van der Waals surface area contributed by atoms with Gasteiger partial charge in [0, 0.05) is 17.0 Å². The van der Waals surface area contributed by atoms with Gasteiger partial charge in [0.25, 0.3) is 0 Å². The predicted molar refractivity (Wildman–Crippen MR) is 77.9 cm³/mol. The number of carbonyl (C=O) groups excluding carboxylic acids is 1. The molecule has 0 radical (unpaired) electrons. The first kappa shape index (κ1) is 13.8. The smallest absolute Gasteiger partial charge is 0.339 e. The van der Waals surface area contributed by atoms with Crippen molar-refractivity contribution in [3.63, 3.8) is 0 Å². The molecule has 2 aromatic rings. The maximum Gasteiger partial charge on any atom is 0.339 e. The third-order valence-corrected chi connectivity index (χ3v) is 4.84. The van der Waals surface area contributed by atoms with Gasteiger partial charge in [-0.1, -0.05) is 37.3 Å². The Balaban J connectivity index is 2.00. The maximum absolute atomic E-state index is 12.3. The van der Waals surface area contributed by atoms with Gasteiger partial charge < -0.3 is 4.18 Å². The van der Waals surface area contributed by atoms with Gasteiger partial charge in [-0.15, -0.1) is 0 Å². The molecule has 3 rings (SSSR count). The fourth-order valence-corrected chi connectivity index (χ4v) is 3.48. The van der Waals surface area contributed by atoms with E-state index in [1.807, 2.05) is 6.92 Å². The molecule has 0 saturated heterocycles. The second kappa shape index (κ2) is 5.00. The van der Waals surface area contributed by atoms with Crippen LogP contribution in [0.5, 0.6) is 5.75 Å². The zero-order valence-corrected chi connectivity index (χ0v) is 12.3. The van der Waals surface area contributed by atoms with Gasteiger partial charge in [0.1, 0.15) is 10.6 Å². The standard InChI is InChI=1S/C16H14O4S/c1-11-10-14-13(16(11)17)8-5-9-15(14)20-21(18,19)12-6-3-2-4-7-12/h2-9,11H,10H2,1H3. The summed E-state index contributed by atoms with van der Waals surface area (Å²) in [7, 11) is -3.88. The summed E-state index contributed by atoms with van der Waals surface area (Å²) in [4.78, 5) is 12.1. The topological polar surface area (TPSA) is 60.4 Å². The van der Waals surface area contributed by atoms with Crippen molar-refractivity contribution in [1.29, 1.82) is 0 Å². The lowest BCUT2D eigenvalue weighted by Crippen LogP contribution is -2.10. The summed E-state index contributed by atoms with van der Waals surface area (Å²) in [5, 5.41) is 0. The molecule has 0 heterocycles. The van der Waals surface area contributed by atoms with Crippen LogP contribution < -0.4 is 4.18 Å². The lowest BCUT2D eigenvalue weighted by molar-refractivity contribution is 0.0946. The summed E-state index contributed by atoms with van der Waals surface area (Å²) >= 11 is 0. The highest BCUT2D eigenvalue weighted by atomic mass is 32.2. The van der Waals surface area contributed by atoms with E-state index < -0.39 is 10.1 Å². The van der Waals surface area contributed by atoms with Crippen molar-refractivity contribution in [3.05, 3.63) is 59.7 Å². The number of fused-ring (bicyclic) bond motifs is 1. The van der Waals surface area contributed by atoms with Crippen LogP contribution >= 0.6 is 0 Å². The third-order valence-electron chi connectivity index (χ3n) is 3.59. The van der Waals surface area contributed by atoms with Crippen molar-refractivity contribution in [2.45, 2.75) is 18.2 Å². The quantitative estimate of drug-likeness (QED) is 0.818. The van der Waals surface area contributed by atoms with Crippen LogP contribution in [0.1, 0.15) is 22.8 Å². The Morgan fingerprint density at radius 3 is 2.48 bits per heavy atom. The fourth-order valence-electron chi connectivity index (χ4n) is 2.50. The number of benzene rings is 2. The Labute approximate surface area is 123 Å². The third kappa shape index (κ3) is 2.45. The summed E-state index contributed by atoms with van der Waals surface area (Å²) in [6, 6.07) is 12.9. The molecule has 0 aliphatic heterocycles. The zero-order valence-electron chi connectivity index (χ0n) is 11.4. The first-order valence-electron chi connectivity index (χ1n) is 6.64. The molecule has 0 saturated carbocycles. The zero-order chi connectivity index (χ0) is 15.0. The van der Waals surface area contributed by atoms with E-state index in [-0.39, 0.29) is 22.3 Å². The van der Waals surface area contributed by atoms with E-state index in [0.717, 1.165) is 0 Å². The number of rotatable bonds is 3. The van der Waals surface area contributed by atoms with Gasteiger partial charge >= 0.3 is 10.1 Å². The lowest BCUT2D eigenvalue weighted by Gasteiger charge is -2.10. The van der Waals surface area contributed by atoms with E-state index in [0.29, 0.717) is 17.5 Å². The SMILES string of the molecule is CC1Cc2c(OS(=O)(=O)c3ccccc3)cccc2C1=O.